The van der Waals surface area contributed by atoms with E-state index in [9.17, 15) is 4.79 Å². The van der Waals surface area contributed by atoms with Crippen molar-refractivity contribution >= 4 is 28.4 Å². The summed E-state index contributed by atoms with van der Waals surface area (Å²) in [5.74, 6) is 1.35. The fraction of sp³-hybridized carbons (Fsp3) is 0.118. The number of nitrogens with zero attached hydrogens (tertiary/aromatic N) is 3. The lowest BCUT2D eigenvalue weighted by Gasteiger charge is -2.02. The maximum atomic E-state index is 12.1. The summed E-state index contributed by atoms with van der Waals surface area (Å²) in [4.78, 5) is 24.4. The van der Waals surface area contributed by atoms with Gasteiger partial charge in [0, 0.05) is 24.1 Å². The molecule has 120 valence electrons. The van der Waals surface area contributed by atoms with Gasteiger partial charge in [0.2, 0.25) is 0 Å². The maximum Gasteiger partial charge on any atom is 0.258 e. The fourth-order valence-electron chi connectivity index (χ4n) is 2.48. The normalized spacial score (nSPS) is 11.2. The number of nitrogens with one attached hydrogen (secondary N) is 1. The number of aromatic amines is 1. The summed E-state index contributed by atoms with van der Waals surface area (Å²) < 4.78 is 6.74. The van der Waals surface area contributed by atoms with Crippen LogP contribution < -0.4 is 10.3 Å². The van der Waals surface area contributed by atoms with E-state index in [2.05, 4.69) is 15.0 Å². The summed E-state index contributed by atoms with van der Waals surface area (Å²) >= 11 is 1.51. The Morgan fingerprint density at radius 2 is 2.12 bits per heavy atom. The van der Waals surface area contributed by atoms with E-state index in [4.69, 9.17) is 4.74 Å². The van der Waals surface area contributed by atoms with Gasteiger partial charge in [-0.1, -0.05) is 17.8 Å². The molecule has 0 radical (unpaired) electrons. The van der Waals surface area contributed by atoms with Crippen molar-refractivity contribution in [3.8, 4) is 5.75 Å². The smallest absolute Gasteiger partial charge is 0.258 e. The first-order valence-corrected chi connectivity index (χ1v) is 8.35. The molecular formula is C17H14N4O2S. The van der Waals surface area contributed by atoms with Crippen molar-refractivity contribution in [1.29, 1.82) is 0 Å². The lowest BCUT2D eigenvalue weighted by molar-refractivity contribution is 0.415. The highest BCUT2D eigenvalue weighted by molar-refractivity contribution is 7.98. The van der Waals surface area contributed by atoms with Crippen molar-refractivity contribution in [3.63, 3.8) is 0 Å². The minimum atomic E-state index is -0.0782. The van der Waals surface area contributed by atoms with Crippen LogP contribution >= 0.6 is 11.8 Å². The van der Waals surface area contributed by atoms with Gasteiger partial charge in [0.25, 0.3) is 5.56 Å². The predicted molar refractivity (Wildman–Crippen MR) is 93.7 cm³/mol. The molecule has 24 heavy (non-hydrogen) atoms. The Bertz CT molecular complexity index is 1090. The number of rotatable bonds is 4. The number of H-pyrrole nitrogens is 1. The number of hydrogen-bond donors (Lipinski definition) is 1. The molecule has 0 aliphatic carbocycles. The molecule has 4 rings (SSSR count). The van der Waals surface area contributed by atoms with Crippen LogP contribution in [0.5, 0.6) is 5.75 Å². The predicted octanol–water partition coefficient (Wildman–Crippen LogP) is 2.87. The fourth-order valence-corrected chi connectivity index (χ4v) is 3.26. The monoisotopic (exact) mass is 338 g/mol. The molecule has 1 aromatic carbocycles. The second kappa shape index (κ2) is 6.01. The quantitative estimate of drug-likeness (QED) is 0.579. The Morgan fingerprint density at radius 3 is 3.00 bits per heavy atom. The third-order valence-corrected chi connectivity index (χ3v) is 4.56. The van der Waals surface area contributed by atoms with Crippen molar-refractivity contribution in [1.82, 2.24) is 19.4 Å². The molecule has 7 heteroatoms. The molecule has 0 aliphatic rings. The Hall–Kier alpha value is -2.80. The number of fused-ring (bicyclic) bond motifs is 2. The molecule has 0 atom stereocenters. The van der Waals surface area contributed by atoms with Crippen LogP contribution in [0.25, 0.3) is 16.7 Å². The van der Waals surface area contributed by atoms with Gasteiger partial charge >= 0.3 is 0 Å². The molecule has 0 fully saturated rings. The van der Waals surface area contributed by atoms with E-state index >= 15 is 0 Å². The van der Waals surface area contributed by atoms with E-state index in [1.807, 2.05) is 36.4 Å². The van der Waals surface area contributed by atoms with Crippen LogP contribution in [0.3, 0.4) is 0 Å². The molecule has 6 nitrogen and oxygen atoms in total. The number of thioether (sulfide) groups is 1. The molecule has 4 aromatic rings. The average Bonchev–Trinajstić information content (AvgIpc) is 3.02. The second-order valence-electron chi connectivity index (χ2n) is 5.23. The number of pyridine rings is 1. The molecule has 0 spiro atoms. The summed E-state index contributed by atoms with van der Waals surface area (Å²) in [6.45, 7) is 0. The molecular weight excluding hydrogens is 324 g/mol. The highest BCUT2D eigenvalue weighted by Gasteiger charge is 2.07. The summed E-state index contributed by atoms with van der Waals surface area (Å²) in [7, 11) is 1.64. The average molecular weight is 338 g/mol. The van der Waals surface area contributed by atoms with Gasteiger partial charge in [-0.15, -0.1) is 0 Å². The van der Waals surface area contributed by atoms with Gasteiger partial charge in [-0.2, -0.15) is 0 Å². The third kappa shape index (κ3) is 2.74. The zero-order valence-electron chi connectivity index (χ0n) is 12.9. The first-order chi connectivity index (χ1) is 11.7. The molecule has 0 saturated heterocycles. The molecule has 0 bridgehead atoms. The van der Waals surface area contributed by atoms with Crippen LogP contribution in [0, 0.1) is 0 Å². The number of hydrogen-bond acceptors (Lipinski definition) is 5. The SMILES string of the molecule is COc1ccc2nc(SCc3cc(=O)n4ccccc4n3)[nH]c2c1. The van der Waals surface area contributed by atoms with E-state index in [0.29, 0.717) is 11.4 Å². The minimum absolute atomic E-state index is 0.0782. The Morgan fingerprint density at radius 1 is 1.21 bits per heavy atom. The Kier molecular flexibility index (Phi) is 3.70. The van der Waals surface area contributed by atoms with Crippen LogP contribution in [0.15, 0.2) is 58.6 Å². The highest BCUT2D eigenvalue weighted by atomic mass is 32.2. The highest BCUT2D eigenvalue weighted by Crippen LogP contribution is 2.24. The van der Waals surface area contributed by atoms with E-state index in [-0.39, 0.29) is 5.56 Å². The van der Waals surface area contributed by atoms with Gasteiger partial charge in [-0.25, -0.2) is 9.97 Å². The summed E-state index contributed by atoms with van der Waals surface area (Å²) in [5, 5.41) is 0.785. The summed E-state index contributed by atoms with van der Waals surface area (Å²) in [6, 6.07) is 12.8. The number of methoxy groups -OCH3 is 1. The zero-order chi connectivity index (χ0) is 16.5. The topological polar surface area (TPSA) is 72.3 Å². The van der Waals surface area contributed by atoms with Gasteiger partial charge in [-0.05, 0) is 24.3 Å². The number of ether oxygens (including phenoxy) is 1. The van der Waals surface area contributed by atoms with E-state index in [1.54, 1.807) is 19.4 Å². The molecule has 0 aliphatic heterocycles. The number of aromatic nitrogens is 4. The zero-order valence-corrected chi connectivity index (χ0v) is 13.7. The van der Waals surface area contributed by atoms with Crippen molar-refractivity contribution in [2.45, 2.75) is 10.9 Å². The Balaban J connectivity index is 1.59. The number of benzene rings is 1. The largest absolute Gasteiger partial charge is 0.497 e. The van der Waals surface area contributed by atoms with Gasteiger partial charge in [-0.3, -0.25) is 9.20 Å². The summed E-state index contributed by atoms with van der Waals surface area (Å²) in [6.07, 6.45) is 1.72. The van der Waals surface area contributed by atoms with Gasteiger partial charge in [0.15, 0.2) is 5.16 Å². The van der Waals surface area contributed by atoms with Crippen LogP contribution in [0.4, 0.5) is 0 Å². The van der Waals surface area contributed by atoms with Gasteiger partial charge < -0.3 is 9.72 Å². The van der Waals surface area contributed by atoms with Crippen molar-refractivity contribution in [2.24, 2.45) is 0 Å². The molecule has 0 saturated carbocycles. The molecule has 0 amide bonds. The van der Waals surface area contributed by atoms with Crippen molar-refractivity contribution in [2.75, 3.05) is 7.11 Å². The maximum absolute atomic E-state index is 12.1. The van der Waals surface area contributed by atoms with Crippen LogP contribution in [-0.2, 0) is 5.75 Å². The molecule has 0 unspecified atom stereocenters. The van der Waals surface area contributed by atoms with Gasteiger partial charge in [0.1, 0.15) is 11.4 Å². The van der Waals surface area contributed by atoms with Crippen LogP contribution in [0.2, 0.25) is 0 Å². The minimum Gasteiger partial charge on any atom is -0.497 e. The number of imidazole rings is 1. The lowest BCUT2D eigenvalue weighted by Crippen LogP contribution is -2.14. The van der Waals surface area contributed by atoms with Gasteiger partial charge in [0.05, 0.1) is 23.8 Å². The van der Waals surface area contributed by atoms with E-state index in [1.165, 1.54) is 16.2 Å². The van der Waals surface area contributed by atoms with E-state index in [0.717, 1.165) is 27.6 Å². The van der Waals surface area contributed by atoms with Crippen LogP contribution in [0.1, 0.15) is 5.69 Å². The standard InChI is InChI=1S/C17H14N4O2S/c1-23-12-5-6-13-14(9-12)20-17(19-13)24-10-11-8-16(22)21-7-3-2-4-15(21)18-11/h2-9H,10H2,1H3,(H,19,20). The third-order valence-electron chi connectivity index (χ3n) is 3.65. The van der Waals surface area contributed by atoms with Crippen molar-refractivity contribution in [3.05, 3.63) is 64.7 Å². The lowest BCUT2D eigenvalue weighted by atomic mass is 10.3. The first kappa shape index (κ1) is 14.8. The molecule has 1 N–H and O–H groups in total. The molecule has 3 heterocycles. The van der Waals surface area contributed by atoms with E-state index < -0.39 is 0 Å². The van der Waals surface area contributed by atoms with Crippen molar-refractivity contribution < 1.29 is 4.74 Å². The second-order valence-corrected chi connectivity index (χ2v) is 6.19. The molecule has 3 aromatic heterocycles. The Labute approximate surface area is 141 Å². The summed E-state index contributed by atoms with van der Waals surface area (Å²) in [5.41, 5.74) is 3.10. The first-order valence-electron chi connectivity index (χ1n) is 7.37. The van der Waals surface area contributed by atoms with Crippen LogP contribution in [-0.4, -0.2) is 26.5 Å².